The lowest BCUT2D eigenvalue weighted by atomic mass is 10.4. The Morgan fingerprint density at radius 3 is 2.79 bits per heavy atom. The number of nitrogens with two attached hydrogens (primary N) is 1. The van der Waals surface area contributed by atoms with Crippen molar-refractivity contribution in [3.8, 4) is 5.75 Å². The van der Waals surface area contributed by atoms with E-state index in [0.29, 0.717) is 0 Å². The highest BCUT2D eigenvalue weighted by Crippen LogP contribution is 2.29. The summed E-state index contributed by atoms with van der Waals surface area (Å²) in [4.78, 5) is 3.79. The fourth-order valence-electron chi connectivity index (χ4n) is 1.06. The lowest BCUT2D eigenvalue weighted by molar-refractivity contribution is 0.294. The Morgan fingerprint density at radius 1 is 1.50 bits per heavy atom. The van der Waals surface area contributed by atoms with E-state index in [-0.39, 0.29) is 16.7 Å². The first kappa shape index (κ1) is 9.42. The van der Waals surface area contributed by atoms with Crippen molar-refractivity contribution < 1.29 is 13.2 Å². The maximum absolute atomic E-state index is 11.1. The molecule has 1 heterocycles. The van der Waals surface area contributed by atoms with Crippen LogP contribution in [0.3, 0.4) is 0 Å². The molecule has 0 unspecified atom stereocenters. The molecule has 2 rings (SSSR count). The maximum atomic E-state index is 11.1. The Kier molecular flexibility index (Phi) is 2.16. The number of ether oxygens (including phenoxy) is 1. The third-order valence-corrected chi connectivity index (χ3v) is 2.82. The molecule has 5 nitrogen and oxygen atoms in total. The molecule has 1 aromatic heterocycles. The zero-order valence-corrected chi connectivity index (χ0v) is 8.20. The van der Waals surface area contributed by atoms with Crippen molar-refractivity contribution >= 4 is 10.0 Å². The van der Waals surface area contributed by atoms with Crippen LogP contribution >= 0.6 is 0 Å². The Hall–Kier alpha value is -1.14. The number of sulfonamides is 1. The first-order valence-corrected chi connectivity index (χ1v) is 5.75. The Balaban J connectivity index is 2.37. The minimum atomic E-state index is -3.72. The molecular weight excluding hydrogens is 204 g/mol. The van der Waals surface area contributed by atoms with Gasteiger partial charge < -0.3 is 4.74 Å². The molecule has 2 N–H and O–H groups in total. The molecule has 0 atom stereocenters. The van der Waals surface area contributed by atoms with Gasteiger partial charge in [0.15, 0.2) is 5.75 Å². The molecule has 1 fully saturated rings. The van der Waals surface area contributed by atoms with Crippen molar-refractivity contribution in [3.05, 3.63) is 18.5 Å². The van der Waals surface area contributed by atoms with Gasteiger partial charge in [-0.15, -0.1) is 0 Å². The van der Waals surface area contributed by atoms with Crippen LogP contribution in [0.1, 0.15) is 12.8 Å². The van der Waals surface area contributed by atoms with Crippen LogP contribution in [0.5, 0.6) is 5.75 Å². The number of hydrogen-bond acceptors (Lipinski definition) is 4. The van der Waals surface area contributed by atoms with Gasteiger partial charge in [0, 0.05) is 6.20 Å². The van der Waals surface area contributed by atoms with E-state index in [1.807, 2.05) is 0 Å². The molecule has 0 aliphatic heterocycles. The van der Waals surface area contributed by atoms with E-state index in [1.54, 1.807) is 0 Å². The minimum Gasteiger partial charge on any atom is -0.487 e. The van der Waals surface area contributed by atoms with E-state index in [2.05, 4.69) is 4.98 Å². The summed E-state index contributed by atoms with van der Waals surface area (Å²) in [6.07, 6.45) is 4.79. The lowest BCUT2D eigenvalue weighted by Gasteiger charge is -2.07. The summed E-state index contributed by atoms with van der Waals surface area (Å²) in [6, 6.07) is 1.34. The molecular formula is C8H10N2O3S. The van der Waals surface area contributed by atoms with Gasteiger partial charge in [-0.2, -0.15) is 0 Å². The van der Waals surface area contributed by atoms with E-state index >= 15 is 0 Å². The van der Waals surface area contributed by atoms with Gasteiger partial charge in [0.05, 0.1) is 12.3 Å². The van der Waals surface area contributed by atoms with Gasteiger partial charge in [-0.1, -0.05) is 0 Å². The molecule has 6 heteroatoms. The Morgan fingerprint density at radius 2 is 2.21 bits per heavy atom. The first-order chi connectivity index (χ1) is 6.57. The summed E-state index contributed by atoms with van der Waals surface area (Å²) in [5.74, 6) is 0.248. The summed E-state index contributed by atoms with van der Waals surface area (Å²) in [6.45, 7) is 0. The molecule has 0 radical (unpaired) electrons. The monoisotopic (exact) mass is 214 g/mol. The predicted molar refractivity (Wildman–Crippen MR) is 49.3 cm³/mol. The van der Waals surface area contributed by atoms with Crippen molar-refractivity contribution in [1.82, 2.24) is 4.98 Å². The maximum Gasteiger partial charge on any atom is 0.241 e. The molecule has 1 aliphatic carbocycles. The van der Waals surface area contributed by atoms with Crippen LogP contribution in [-0.2, 0) is 10.0 Å². The van der Waals surface area contributed by atoms with Gasteiger partial charge >= 0.3 is 0 Å². The average Bonchev–Trinajstić information content (AvgIpc) is 2.87. The largest absolute Gasteiger partial charge is 0.487 e. The predicted octanol–water partition coefficient (Wildman–Crippen LogP) is 0.270. The van der Waals surface area contributed by atoms with Crippen LogP contribution in [-0.4, -0.2) is 19.5 Å². The summed E-state index contributed by atoms with van der Waals surface area (Å²) < 4.78 is 27.6. The second kappa shape index (κ2) is 3.21. The van der Waals surface area contributed by atoms with Crippen LogP contribution in [0, 0.1) is 0 Å². The molecule has 0 aromatic carbocycles. The Labute approximate surface area is 82.0 Å². The summed E-state index contributed by atoms with van der Waals surface area (Å²) in [5, 5.41) is 5.02. The number of pyridine rings is 1. The van der Waals surface area contributed by atoms with Crippen molar-refractivity contribution in [1.29, 1.82) is 0 Å². The van der Waals surface area contributed by atoms with Crippen molar-refractivity contribution in [2.24, 2.45) is 5.14 Å². The van der Waals surface area contributed by atoms with Crippen molar-refractivity contribution in [2.45, 2.75) is 23.8 Å². The van der Waals surface area contributed by atoms with E-state index < -0.39 is 10.0 Å². The van der Waals surface area contributed by atoms with Gasteiger partial charge in [0.25, 0.3) is 0 Å². The quantitative estimate of drug-likeness (QED) is 0.783. The van der Waals surface area contributed by atoms with Gasteiger partial charge in [-0.25, -0.2) is 13.6 Å². The molecule has 1 aromatic rings. The Bertz CT molecular complexity index is 440. The lowest BCUT2D eigenvalue weighted by Crippen LogP contribution is -2.14. The number of nitrogens with zero attached hydrogens (tertiary/aromatic N) is 1. The zero-order valence-electron chi connectivity index (χ0n) is 7.38. The molecule has 0 spiro atoms. The summed E-state index contributed by atoms with van der Waals surface area (Å²) in [5.41, 5.74) is 0. The number of primary sulfonamides is 1. The standard InChI is InChI=1S/C8H10N2O3S/c9-14(11,12)8-3-4-10-5-7(8)13-6-1-2-6/h3-6H,1-2H2,(H2,9,11,12). The van der Waals surface area contributed by atoms with E-state index in [9.17, 15) is 8.42 Å². The minimum absolute atomic E-state index is 0.000556. The van der Waals surface area contributed by atoms with Crippen LogP contribution in [0.4, 0.5) is 0 Å². The average molecular weight is 214 g/mol. The third-order valence-electron chi connectivity index (χ3n) is 1.87. The highest BCUT2D eigenvalue weighted by molar-refractivity contribution is 7.89. The normalized spacial score (nSPS) is 16.6. The zero-order chi connectivity index (χ0) is 10.2. The van der Waals surface area contributed by atoms with Crippen LogP contribution in [0.15, 0.2) is 23.4 Å². The second-order valence-electron chi connectivity index (χ2n) is 3.18. The van der Waals surface area contributed by atoms with Gasteiger partial charge in [0.2, 0.25) is 10.0 Å². The third kappa shape index (κ3) is 2.02. The highest BCUT2D eigenvalue weighted by Gasteiger charge is 2.26. The molecule has 1 saturated carbocycles. The second-order valence-corrected chi connectivity index (χ2v) is 4.71. The van der Waals surface area contributed by atoms with Crippen LogP contribution < -0.4 is 9.88 Å². The fourth-order valence-corrected chi connectivity index (χ4v) is 1.69. The van der Waals surface area contributed by atoms with Gasteiger partial charge in [-0.05, 0) is 18.9 Å². The fraction of sp³-hybridized carbons (Fsp3) is 0.375. The summed E-state index contributed by atoms with van der Waals surface area (Å²) in [7, 11) is -3.72. The van der Waals surface area contributed by atoms with Gasteiger partial charge in [0.1, 0.15) is 4.90 Å². The van der Waals surface area contributed by atoms with Crippen molar-refractivity contribution in [2.75, 3.05) is 0 Å². The summed E-state index contributed by atoms with van der Waals surface area (Å²) >= 11 is 0. The SMILES string of the molecule is NS(=O)(=O)c1ccncc1OC1CC1. The first-order valence-electron chi connectivity index (χ1n) is 4.21. The van der Waals surface area contributed by atoms with E-state index in [1.165, 1.54) is 18.5 Å². The smallest absolute Gasteiger partial charge is 0.241 e. The molecule has 0 saturated heterocycles. The molecule has 0 bridgehead atoms. The number of aromatic nitrogens is 1. The molecule has 0 amide bonds. The van der Waals surface area contributed by atoms with E-state index in [0.717, 1.165) is 12.8 Å². The van der Waals surface area contributed by atoms with E-state index in [4.69, 9.17) is 9.88 Å². The van der Waals surface area contributed by atoms with Crippen molar-refractivity contribution in [3.63, 3.8) is 0 Å². The van der Waals surface area contributed by atoms with Crippen LogP contribution in [0.25, 0.3) is 0 Å². The molecule has 1 aliphatic rings. The number of rotatable bonds is 3. The molecule has 14 heavy (non-hydrogen) atoms. The highest BCUT2D eigenvalue weighted by atomic mass is 32.2. The van der Waals surface area contributed by atoms with Gasteiger partial charge in [-0.3, -0.25) is 4.98 Å². The van der Waals surface area contributed by atoms with Crippen LogP contribution in [0.2, 0.25) is 0 Å². The molecule has 76 valence electrons. The topological polar surface area (TPSA) is 82.3 Å². The number of hydrogen-bond donors (Lipinski definition) is 1.